The number of amides is 2. The third-order valence-corrected chi connectivity index (χ3v) is 5.11. The lowest BCUT2D eigenvalue weighted by Crippen LogP contribution is -2.48. The van der Waals surface area contributed by atoms with E-state index in [4.69, 9.17) is 0 Å². The molecule has 1 aliphatic rings. The van der Waals surface area contributed by atoms with E-state index in [-0.39, 0.29) is 17.9 Å². The zero-order valence-corrected chi connectivity index (χ0v) is 15.7. The van der Waals surface area contributed by atoms with Crippen molar-refractivity contribution in [3.63, 3.8) is 0 Å². The van der Waals surface area contributed by atoms with Crippen LogP contribution in [0.25, 0.3) is 0 Å². The molecule has 0 aliphatic carbocycles. The summed E-state index contributed by atoms with van der Waals surface area (Å²) in [6, 6.07) is 9.26. The van der Waals surface area contributed by atoms with E-state index in [0.717, 1.165) is 22.7 Å². The van der Waals surface area contributed by atoms with Crippen LogP contribution >= 0.6 is 11.8 Å². The molecule has 2 amide bonds. The normalized spacial score (nSPS) is 17.0. The lowest BCUT2D eigenvalue weighted by Gasteiger charge is -2.36. The molecule has 7 heteroatoms. The lowest BCUT2D eigenvalue weighted by molar-refractivity contribution is -0.114. The smallest absolute Gasteiger partial charge is 0.254 e. The Hall–Kier alpha value is -2.38. The number of carbonyl (C=O) groups excluding carboxylic acids is 2. The largest absolute Gasteiger partial charge is 0.329 e. The number of benzene rings is 1. The highest BCUT2D eigenvalue weighted by atomic mass is 32.2. The standard InChI is InChI=1S/C19H22N4O2S/c1-13(24)22-16-6-5-14(10-18(16)26-2)19(25)23-9-8-21-12-17(23)15-4-3-7-20-11-15/h3-7,10-11,17,21H,8-9,12H2,1-2H3,(H,22,24). The lowest BCUT2D eigenvalue weighted by atomic mass is 10.0. The van der Waals surface area contributed by atoms with Crippen LogP contribution in [0.4, 0.5) is 5.69 Å². The predicted octanol–water partition coefficient (Wildman–Crippen LogP) is 2.55. The second-order valence-corrected chi connectivity index (χ2v) is 6.95. The molecular weight excluding hydrogens is 348 g/mol. The molecular formula is C19H22N4O2S. The molecule has 6 nitrogen and oxygen atoms in total. The second-order valence-electron chi connectivity index (χ2n) is 6.10. The van der Waals surface area contributed by atoms with Crippen LogP contribution in [0.5, 0.6) is 0 Å². The summed E-state index contributed by atoms with van der Waals surface area (Å²) in [7, 11) is 0. The quantitative estimate of drug-likeness (QED) is 0.809. The highest BCUT2D eigenvalue weighted by molar-refractivity contribution is 7.98. The zero-order chi connectivity index (χ0) is 18.5. The van der Waals surface area contributed by atoms with Crippen LogP contribution in [0.1, 0.15) is 28.9 Å². The van der Waals surface area contributed by atoms with Gasteiger partial charge in [-0.2, -0.15) is 0 Å². The third kappa shape index (κ3) is 4.05. The Labute approximate surface area is 157 Å². The molecule has 1 aromatic carbocycles. The molecule has 0 bridgehead atoms. The van der Waals surface area contributed by atoms with Crippen LogP contribution in [0.15, 0.2) is 47.6 Å². The van der Waals surface area contributed by atoms with Crippen molar-refractivity contribution in [3.8, 4) is 0 Å². The predicted molar refractivity (Wildman–Crippen MR) is 103 cm³/mol. The van der Waals surface area contributed by atoms with E-state index in [9.17, 15) is 9.59 Å². The molecule has 1 atom stereocenters. The third-order valence-electron chi connectivity index (χ3n) is 4.33. The van der Waals surface area contributed by atoms with Gasteiger partial charge in [0.2, 0.25) is 5.91 Å². The molecule has 2 heterocycles. The summed E-state index contributed by atoms with van der Waals surface area (Å²) >= 11 is 1.51. The van der Waals surface area contributed by atoms with Gasteiger partial charge in [-0.3, -0.25) is 14.6 Å². The molecule has 1 aromatic heterocycles. The molecule has 1 fully saturated rings. The van der Waals surface area contributed by atoms with Crippen molar-refractivity contribution in [1.82, 2.24) is 15.2 Å². The number of piperazine rings is 1. The van der Waals surface area contributed by atoms with E-state index < -0.39 is 0 Å². The highest BCUT2D eigenvalue weighted by Crippen LogP contribution is 2.29. The molecule has 2 aromatic rings. The van der Waals surface area contributed by atoms with Crippen LogP contribution in [-0.4, -0.2) is 47.6 Å². The molecule has 26 heavy (non-hydrogen) atoms. The fraction of sp³-hybridized carbons (Fsp3) is 0.316. The first-order chi connectivity index (χ1) is 12.6. The minimum absolute atomic E-state index is 0.00923. The number of aromatic nitrogens is 1. The maximum Gasteiger partial charge on any atom is 0.254 e. The number of nitrogens with one attached hydrogen (secondary N) is 2. The van der Waals surface area contributed by atoms with Gasteiger partial charge in [0.1, 0.15) is 0 Å². The number of nitrogens with zero attached hydrogens (tertiary/aromatic N) is 2. The first kappa shape index (κ1) is 18.4. The van der Waals surface area contributed by atoms with E-state index in [1.54, 1.807) is 18.3 Å². The summed E-state index contributed by atoms with van der Waals surface area (Å²) in [6.07, 6.45) is 5.47. The molecule has 0 spiro atoms. The van der Waals surface area contributed by atoms with Crippen molar-refractivity contribution < 1.29 is 9.59 Å². The Balaban J connectivity index is 1.88. The van der Waals surface area contributed by atoms with Gasteiger partial charge in [-0.25, -0.2) is 0 Å². The Bertz CT molecular complexity index is 797. The minimum Gasteiger partial charge on any atom is -0.329 e. The Morgan fingerprint density at radius 1 is 1.35 bits per heavy atom. The van der Waals surface area contributed by atoms with Crippen molar-refractivity contribution in [3.05, 3.63) is 53.9 Å². The van der Waals surface area contributed by atoms with Crippen molar-refractivity contribution in [2.45, 2.75) is 17.9 Å². The average molecular weight is 370 g/mol. The zero-order valence-electron chi connectivity index (χ0n) is 14.9. The summed E-state index contributed by atoms with van der Waals surface area (Å²) in [5.41, 5.74) is 2.37. The summed E-state index contributed by atoms with van der Waals surface area (Å²) in [6.45, 7) is 3.58. The van der Waals surface area contributed by atoms with Gasteiger partial charge in [-0.05, 0) is 36.1 Å². The maximum atomic E-state index is 13.2. The van der Waals surface area contributed by atoms with Gasteiger partial charge in [0.25, 0.3) is 5.91 Å². The Morgan fingerprint density at radius 2 is 2.19 bits per heavy atom. The van der Waals surface area contributed by atoms with Crippen LogP contribution in [-0.2, 0) is 4.79 Å². The van der Waals surface area contributed by atoms with E-state index in [1.165, 1.54) is 18.7 Å². The van der Waals surface area contributed by atoms with Gasteiger partial charge in [0, 0.05) is 49.4 Å². The monoisotopic (exact) mass is 370 g/mol. The SMILES string of the molecule is CSc1cc(C(=O)N2CCNCC2c2cccnc2)ccc1NC(C)=O. The molecule has 2 N–H and O–H groups in total. The summed E-state index contributed by atoms with van der Waals surface area (Å²) in [5.74, 6) is -0.136. The number of hydrogen-bond acceptors (Lipinski definition) is 5. The van der Waals surface area contributed by atoms with Crippen molar-refractivity contribution in [1.29, 1.82) is 0 Å². The van der Waals surface area contributed by atoms with Crippen LogP contribution in [0, 0.1) is 0 Å². The van der Waals surface area contributed by atoms with Gasteiger partial charge in [0.15, 0.2) is 0 Å². The first-order valence-electron chi connectivity index (χ1n) is 8.47. The van der Waals surface area contributed by atoms with Gasteiger partial charge >= 0.3 is 0 Å². The average Bonchev–Trinajstić information content (AvgIpc) is 2.68. The minimum atomic E-state index is -0.127. The summed E-state index contributed by atoms with van der Waals surface area (Å²) in [5, 5.41) is 6.15. The van der Waals surface area contributed by atoms with E-state index in [2.05, 4.69) is 15.6 Å². The summed E-state index contributed by atoms with van der Waals surface area (Å²) < 4.78 is 0. The number of pyridine rings is 1. The number of carbonyl (C=O) groups is 2. The first-order valence-corrected chi connectivity index (χ1v) is 9.70. The van der Waals surface area contributed by atoms with Crippen LogP contribution in [0.2, 0.25) is 0 Å². The number of thioether (sulfide) groups is 1. The molecule has 1 unspecified atom stereocenters. The Morgan fingerprint density at radius 3 is 2.88 bits per heavy atom. The second kappa shape index (κ2) is 8.33. The molecule has 3 rings (SSSR count). The molecule has 1 saturated heterocycles. The Kier molecular flexibility index (Phi) is 5.90. The van der Waals surface area contributed by atoms with E-state index in [1.807, 2.05) is 35.6 Å². The van der Waals surface area contributed by atoms with Gasteiger partial charge in [-0.1, -0.05) is 6.07 Å². The number of hydrogen-bond donors (Lipinski definition) is 2. The van der Waals surface area contributed by atoms with Crippen molar-refractivity contribution in [2.75, 3.05) is 31.2 Å². The maximum absolute atomic E-state index is 13.2. The van der Waals surface area contributed by atoms with Gasteiger partial charge in [-0.15, -0.1) is 11.8 Å². The van der Waals surface area contributed by atoms with Gasteiger partial charge < -0.3 is 15.5 Å². The van der Waals surface area contributed by atoms with Crippen LogP contribution in [0.3, 0.4) is 0 Å². The highest BCUT2D eigenvalue weighted by Gasteiger charge is 2.29. The molecule has 0 saturated carbocycles. The fourth-order valence-corrected chi connectivity index (χ4v) is 3.69. The van der Waals surface area contributed by atoms with E-state index in [0.29, 0.717) is 18.7 Å². The topological polar surface area (TPSA) is 74.3 Å². The van der Waals surface area contributed by atoms with Crippen LogP contribution < -0.4 is 10.6 Å². The van der Waals surface area contributed by atoms with E-state index >= 15 is 0 Å². The van der Waals surface area contributed by atoms with Crippen molar-refractivity contribution in [2.24, 2.45) is 0 Å². The molecule has 1 aliphatic heterocycles. The number of anilines is 1. The fourth-order valence-electron chi connectivity index (χ4n) is 3.10. The number of rotatable bonds is 4. The molecule has 0 radical (unpaired) electrons. The summed E-state index contributed by atoms with van der Waals surface area (Å²) in [4.78, 5) is 31.5. The molecule has 136 valence electrons. The van der Waals surface area contributed by atoms with Crippen molar-refractivity contribution >= 4 is 29.3 Å². The van der Waals surface area contributed by atoms with Gasteiger partial charge in [0.05, 0.1) is 11.7 Å².